The van der Waals surface area contributed by atoms with E-state index in [9.17, 15) is 4.79 Å². The largest absolute Gasteiger partial charge is 0.493 e. The molecule has 0 fully saturated rings. The van der Waals surface area contributed by atoms with Crippen LogP contribution in [0, 0.1) is 0 Å². The van der Waals surface area contributed by atoms with Crippen molar-refractivity contribution in [3.8, 4) is 11.5 Å². The molecule has 0 aliphatic rings. The smallest absolute Gasteiger partial charge is 0.291 e. The van der Waals surface area contributed by atoms with E-state index in [1.807, 2.05) is 12.1 Å². The quantitative estimate of drug-likeness (QED) is 0.710. The highest BCUT2D eigenvalue weighted by molar-refractivity contribution is 7.15. The lowest BCUT2D eigenvalue weighted by atomic mass is 10.2. The summed E-state index contributed by atoms with van der Waals surface area (Å²) in [5.41, 5.74) is 0.682. The third-order valence-corrected chi connectivity index (χ3v) is 3.80. The molecule has 20 heavy (non-hydrogen) atoms. The van der Waals surface area contributed by atoms with Crippen LogP contribution in [0.2, 0.25) is 0 Å². The molecule has 0 saturated carbocycles. The third kappa shape index (κ3) is 2.01. The van der Waals surface area contributed by atoms with E-state index in [4.69, 9.17) is 9.47 Å². The minimum atomic E-state index is -0.169. The standard InChI is InChI=1S/C13H11N3O3S/c1-18-9-4-3-8(5-10(9)19-2)6-11-12(17)16-13(20-11)14-7-15-16/h3-7H,1-2H3. The number of hydrogen-bond acceptors (Lipinski definition) is 6. The maximum Gasteiger partial charge on any atom is 0.291 e. The molecule has 2 heterocycles. The van der Waals surface area contributed by atoms with Crippen molar-refractivity contribution in [3.63, 3.8) is 0 Å². The zero-order valence-corrected chi connectivity index (χ0v) is 11.7. The lowest BCUT2D eigenvalue weighted by Crippen LogP contribution is -2.23. The molecule has 102 valence electrons. The number of ether oxygens (including phenoxy) is 2. The van der Waals surface area contributed by atoms with E-state index >= 15 is 0 Å². The van der Waals surface area contributed by atoms with Crippen LogP contribution in [-0.4, -0.2) is 28.8 Å². The number of fused-ring (bicyclic) bond motifs is 1. The van der Waals surface area contributed by atoms with E-state index in [2.05, 4.69) is 10.1 Å². The number of methoxy groups -OCH3 is 2. The molecule has 7 heteroatoms. The van der Waals surface area contributed by atoms with E-state index in [1.54, 1.807) is 26.4 Å². The molecule has 0 spiro atoms. The van der Waals surface area contributed by atoms with Gasteiger partial charge in [0.25, 0.3) is 5.56 Å². The van der Waals surface area contributed by atoms with Gasteiger partial charge in [0.05, 0.1) is 18.8 Å². The van der Waals surface area contributed by atoms with Gasteiger partial charge in [-0.2, -0.15) is 9.61 Å². The fraction of sp³-hybridized carbons (Fsp3) is 0.154. The van der Waals surface area contributed by atoms with Crippen molar-refractivity contribution in [2.24, 2.45) is 0 Å². The molecular formula is C13H11N3O3S. The summed E-state index contributed by atoms with van der Waals surface area (Å²) in [5, 5.41) is 3.88. The van der Waals surface area contributed by atoms with Gasteiger partial charge in [-0.25, -0.2) is 4.98 Å². The lowest BCUT2D eigenvalue weighted by Gasteiger charge is -2.07. The first-order valence-corrected chi connectivity index (χ1v) is 6.61. The number of benzene rings is 1. The maximum absolute atomic E-state index is 12.1. The first-order chi connectivity index (χ1) is 9.72. The second-order valence-corrected chi connectivity index (χ2v) is 4.99. The van der Waals surface area contributed by atoms with Crippen LogP contribution in [0.25, 0.3) is 11.0 Å². The number of thiazole rings is 1. The summed E-state index contributed by atoms with van der Waals surface area (Å²) < 4.78 is 12.3. The highest BCUT2D eigenvalue weighted by Gasteiger charge is 2.07. The van der Waals surface area contributed by atoms with Gasteiger partial charge in [-0.1, -0.05) is 17.4 Å². The van der Waals surface area contributed by atoms with E-state index < -0.39 is 0 Å². The van der Waals surface area contributed by atoms with Gasteiger partial charge in [-0.3, -0.25) is 4.79 Å². The van der Waals surface area contributed by atoms with Gasteiger partial charge in [-0.15, -0.1) is 0 Å². The summed E-state index contributed by atoms with van der Waals surface area (Å²) >= 11 is 1.30. The average Bonchev–Trinajstić information content (AvgIpc) is 3.03. The van der Waals surface area contributed by atoms with Crippen LogP contribution < -0.4 is 19.6 Å². The molecule has 1 aromatic carbocycles. The topological polar surface area (TPSA) is 65.7 Å². The predicted molar refractivity (Wildman–Crippen MR) is 75.5 cm³/mol. The van der Waals surface area contributed by atoms with E-state index in [-0.39, 0.29) is 5.56 Å². The predicted octanol–water partition coefficient (Wildman–Crippen LogP) is 0.716. The van der Waals surface area contributed by atoms with Gasteiger partial charge in [-0.05, 0) is 23.8 Å². The van der Waals surface area contributed by atoms with Gasteiger partial charge in [0.1, 0.15) is 6.33 Å². The van der Waals surface area contributed by atoms with Crippen molar-refractivity contribution in [3.05, 3.63) is 45.0 Å². The van der Waals surface area contributed by atoms with Gasteiger partial charge < -0.3 is 9.47 Å². The molecule has 0 bridgehead atoms. The zero-order chi connectivity index (χ0) is 14.1. The summed E-state index contributed by atoms with van der Waals surface area (Å²) in [6.45, 7) is 0. The molecule has 0 atom stereocenters. The number of rotatable bonds is 3. The Morgan fingerprint density at radius 3 is 2.75 bits per heavy atom. The Bertz CT molecular complexity index is 869. The Balaban J connectivity index is 2.14. The van der Waals surface area contributed by atoms with Gasteiger partial charge in [0.2, 0.25) is 4.96 Å². The normalized spacial score (nSPS) is 12.0. The highest BCUT2D eigenvalue weighted by atomic mass is 32.1. The Hall–Kier alpha value is -2.41. The van der Waals surface area contributed by atoms with E-state index in [0.717, 1.165) is 5.56 Å². The molecule has 0 aliphatic heterocycles. The summed E-state index contributed by atoms with van der Waals surface area (Å²) in [6.07, 6.45) is 3.15. The van der Waals surface area contributed by atoms with Gasteiger partial charge in [0.15, 0.2) is 11.5 Å². The van der Waals surface area contributed by atoms with Crippen LogP contribution in [0.4, 0.5) is 0 Å². The molecule has 6 nitrogen and oxygen atoms in total. The number of aromatic nitrogens is 3. The van der Waals surface area contributed by atoms with Crippen LogP contribution in [0.3, 0.4) is 0 Å². The molecule has 2 aromatic heterocycles. The van der Waals surface area contributed by atoms with Crippen molar-refractivity contribution in [1.82, 2.24) is 14.6 Å². The van der Waals surface area contributed by atoms with Crippen molar-refractivity contribution in [2.75, 3.05) is 14.2 Å². The molecule has 0 N–H and O–H groups in total. The summed E-state index contributed by atoms with van der Waals surface area (Å²) in [4.78, 5) is 16.6. The monoisotopic (exact) mass is 289 g/mol. The molecule has 0 amide bonds. The van der Waals surface area contributed by atoms with Crippen molar-refractivity contribution in [2.45, 2.75) is 0 Å². The SMILES string of the molecule is COc1ccc(C=c2sc3ncnn3c2=O)cc1OC. The summed E-state index contributed by atoms with van der Waals surface area (Å²) in [7, 11) is 3.15. The molecule has 3 rings (SSSR count). The fourth-order valence-corrected chi connectivity index (χ4v) is 2.75. The molecule has 0 aliphatic carbocycles. The molecule has 0 radical (unpaired) electrons. The minimum Gasteiger partial charge on any atom is -0.493 e. The summed E-state index contributed by atoms with van der Waals surface area (Å²) in [6, 6.07) is 5.47. The molecular weight excluding hydrogens is 278 g/mol. The minimum absolute atomic E-state index is 0.169. The van der Waals surface area contributed by atoms with Gasteiger partial charge in [0, 0.05) is 0 Å². The van der Waals surface area contributed by atoms with Crippen LogP contribution in [-0.2, 0) is 0 Å². The lowest BCUT2D eigenvalue weighted by molar-refractivity contribution is 0.355. The Morgan fingerprint density at radius 1 is 1.25 bits per heavy atom. The number of nitrogens with zero attached hydrogens (tertiary/aromatic N) is 3. The zero-order valence-electron chi connectivity index (χ0n) is 10.9. The van der Waals surface area contributed by atoms with Crippen molar-refractivity contribution in [1.29, 1.82) is 0 Å². The van der Waals surface area contributed by atoms with Crippen molar-refractivity contribution >= 4 is 22.4 Å². The summed E-state index contributed by atoms with van der Waals surface area (Å²) in [5.74, 6) is 1.27. The van der Waals surface area contributed by atoms with Crippen LogP contribution in [0.15, 0.2) is 29.3 Å². The molecule has 0 saturated heterocycles. The number of hydrogen-bond donors (Lipinski definition) is 0. The third-order valence-electron chi connectivity index (χ3n) is 2.83. The first kappa shape index (κ1) is 12.6. The van der Waals surface area contributed by atoms with Gasteiger partial charge >= 0.3 is 0 Å². The second kappa shape index (κ2) is 4.93. The first-order valence-electron chi connectivity index (χ1n) is 5.79. The van der Waals surface area contributed by atoms with E-state index in [0.29, 0.717) is 21.0 Å². The Labute approximate surface area is 117 Å². The van der Waals surface area contributed by atoms with Crippen LogP contribution >= 0.6 is 11.3 Å². The van der Waals surface area contributed by atoms with Crippen LogP contribution in [0.5, 0.6) is 11.5 Å². The van der Waals surface area contributed by atoms with Crippen molar-refractivity contribution < 1.29 is 9.47 Å². The average molecular weight is 289 g/mol. The maximum atomic E-state index is 12.1. The Morgan fingerprint density at radius 2 is 2.05 bits per heavy atom. The Kier molecular flexibility index (Phi) is 3.11. The molecule has 3 aromatic rings. The fourth-order valence-electron chi connectivity index (χ4n) is 1.87. The second-order valence-electron chi connectivity index (χ2n) is 3.98. The van der Waals surface area contributed by atoms with Crippen LogP contribution in [0.1, 0.15) is 5.56 Å². The van der Waals surface area contributed by atoms with E-state index in [1.165, 1.54) is 22.2 Å². The highest BCUT2D eigenvalue weighted by Crippen LogP contribution is 2.27. The molecule has 0 unspecified atom stereocenters.